The van der Waals surface area contributed by atoms with E-state index in [9.17, 15) is 4.79 Å². The first-order chi connectivity index (χ1) is 15.1. The molecule has 0 fully saturated rings. The van der Waals surface area contributed by atoms with Crippen LogP contribution >= 0.6 is 0 Å². The van der Waals surface area contributed by atoms with Crippen LogP contribution in [-0.4, -0.2) is 18.5 Å². The second kappa shape index (κ2) is 9.30. The molecule has 0 N–H and O–H groups in total. The SMILES string of the molecule is CCOc1cc(/C=C2\N=C(c3ccc(C)cc3)OC2=O)ccc1OCc1ccccc1. The van der Waals surface area contributed by atoms with Crippen molar-refractivity contribution in [2.75, 3.05) is 6.61 Å². The molecule has 3 aromatic carbocycles. The number of carbonyl (C=O) groups excluding carboxylic acids is 1. The number of rotatable bonds is 7. The number of nitrogens with zero attached hydrogens (tertiary/aromatic N) is 1. The lowest BCUT2D eigenvalue weighted by Crippen LogP contribution is -2.05. The first kappa shape index (κ1) is 20.4. The Morgan fingerprint density at radius 1 is 0.935 bits per heavy atom. The van der Waals surface area contributed by atoms with Gasteiger partial charge in [-0.05, 0) is 55.3 Å². The Labute approximate surface area is 181 Å². The number of aliphatic imine (C=N–C) groups is 1. The van der Waals surface area contributed by atoms with Gasteiger partial charge in [0, 0.05) is 5.56 Å². The third kappa shape index (κ3) is 5.01. The summed E-state index contributed by atoms with van der Waals surface area (Å²) in [5, 5.41) is 0. The molecule has 31 heavy (non-hydrogen) atoms. The van der Waals surface area contributed by atoms with Crippen molar-refractivity contribution in [3.63, 3.8) is 0 Å². The highest BCUT2D eigenvalue weighted by Crippen LogP contribution is 2.31. The van der Waals surface area contributed by atoms with E-state index in [4.69, 9.17) is 14.2 Å². The Bertz CT molecular complexity index is 1130. The molecule has 156 valence electrons. The molecule has 1 aliphatic rings. The molecule has 0 amide bonds. The number of hydrogen-bond donors (Lipinski definition) is 0. The van der Waals surface area contributed by atoms with E-state index >= 15 is 0 Å². The van der Waals surface area contributed by atoms with E-state index in [1.54, 1.807) is 6.08 Å². The summed E-state index contributed by atoms with van der Waals surface area (Å²) in [4.78, 5) is 16.7. The molecule has 5 heteroatoms. The van der Waals surface area contributed by atoms with Crippen LogP contribution < -0.4 is 9.47 Å². The number of cyclic esters (lactones) is 1. The number of benzene rings is 3. The van der Waals surface area contributed by atoms with Crippen molar-refractivity contribution in [1.29, 1.82) is 0 Å². The summed E-state index contributed by atoms with van der Waals surface area (Å²) in [6.45, 7) is 4.86. The van der Waals surface area contributed by atoms with Gasteiger partial charge in [0.1, 0.15) is 6.61 Å². The fourth-order valence-electron chi connectivity index (χ4n) is 3.12. The molecule has 1 heterocycles. The Morgan fingerprint density at radius 2 is 1.71 bits per heavy atom. The van der Waals surface area contributed by atoms with E-state index in [1.807, 2.05) is 86.6 Å². The average Bonchev–Trinajstić information content (AvgIpc) is 3.15. The largest absolute Gasteiger partial charge is 0.490 e. The lowest BCUT2D eigenvalue weighted by atomic mass is 10.1. The Morgan fingerprint density at radius 3 is 2.45 bits per heavy atom. The molecule has 0 radical (unpaired) electrons. The van der Waals surface area contributed by atoms with E-state index < -0.39 is 5.97 Å². The van der Waals surface area contributed by atoms with Crippen LogP contribution in [0.15, 0.2) is 83.5 Å². The molecular formula is C26H23NO4. The maximum absolute atomic E-state index is 12.3. The summed E-state index contributed by atoms with van der Waals surface area (Å²) in [7, 11) is 0. The van der Waals surface area contributed by atoms with E-state index in [-0.39, 0.29) is 5.70 Å². The first-order valence-electron chi connectivity index (χ1n) is 10.2. The highest BCUT2D eigenvalue weighted by atomic mass is 16.6. The predicted molar refractivity (Wildman–Crippen MR) is 120 cm³/mol. The molecule has 1 aliphatic heterocycles. The highest BCUT2D eigenvalue weighted by Gasteiger charge is 2.24. The molecule has 0 saturated heterocycles. The van der Waals surface area contributed by atoms with Gasteiger partial charge in [-0.1, -0.05) is 54.1 Å². The second-order valence-electron chi connectivity index (χ2n) is 7.12. The van der Waals surface area contributed by atoms with Gasteiger partial charge in [-0.25, -0.2) is 9.79 Å². The number of esters is 1. The van der Waals surface area contributed by atoms with E-state index in [0.717, 1.165) is 22.3 Å². The maximum atomic E-state index is 12.3. The van der Waals surface area contributed by atoms with Gasteiger partial charge in [0.25, 0.3) is 0 Å². The van der Waals surface area contributed by atoms with Gasteiger partial charge in [0.15, 0.2) is 17.2 Å². The van der Waals surface area contributed by atoms with Gasteiger partial charge in [-0.15, -0.1) is 0 Å². The van der Waals surface area contributed by atoms with Crippen LogP contribution in [0, 0.1) is 6.92 Å². The fraction of sp³-hybridized carbons (Fsp3) is 0.154. The van der Waals surface area contributed by atoms with E-state index in [2.05, 4.69) is 4.99 Å². The third-order valence-electron chi connectivity index (χ3n) is 4.73. The monoisotopic (exact) mass is 413 g/mol. The van der Waals surface area contributed by atoms with Crippen LogP contribution in [-0.2, 0) is 16.1 Å². The molecule has 0 aliphatic carbocycles. The summed E-state index contributed by atoms with van der Waals surface area (Å²) in [6, 6.07) is 23.2. The Balaban J connectivity index is 1.56. The van der Waals surface area contributed by atoms with Crippen LogP contribution in [0.25, 0.3) is 6.08 Å². The molecule has 0 atom stereocenters. The summed E-state index contributed by atoms with van der Waals surface area (Å²) >= 11 is 0. The number of hydrogen-bond acceptors (Lipinski definition) is 5. The molecule has 0 saturated carbocycles. The van der Waals surface area contributed by atoms with Gasteiger partial charge in [-0.2, -0.15) is 0 Å². The first-order valence-corrected chi connectivity index (χ1v) is 10.2. The van der Waals surface area contributed by atoms with Crippen molar-refractivity contribution >= 4 is 17.9 Å². The Kier molecular flexibility index (Phi) is 6.13. The van der Waals surface area contributed by atoms with Crippen LogP contribution in [0.5, 0.6) is 11.5 Å². The highest BCUT2D eigenvalue weighted by molar-refractivity contribution is 6.12. The van der Waals surface area contributed by atoms with E-state index in [1.165, 1.54) is 0 Å². The molecule has 5 nitrogen and oxygen atoms in total. The summed E-state index contributed by atoms with van der Waals surface area (Å²) in [5.74, 6) is 1.09. The molecule has 0 unspecified atom stereocenters. The van der Waals surface area contributed by atoms with Crippen molar-refractivity contribution in [3.8, 4) is 11.5 Å². The third-order valence-corrected chi connectivity index (χ3v) is 4.73. The standard InChI is InChI=1S/C26H23NO4/c1-3-29-24-16-20(11-14-23(24)30-17-19-7-5-4-6-8-19)15-22-26(28)31-25(27-22)21-12-9-18(2)10-13-21/h4-16H,3,17H2,1-2H3/b22-15-. The molecule has 0 spiro atoms. The molecule has 0 bridgehead atoms. The summed E-state index contributed by atoms with van der Waals surface area (Å²) < 4.78 is 17.0. The molecular weight excluding hydrogens is 390 g/mol. The van der Waals surface area contributed by atoms with Gasteiger partial charge in [0.2, 0.25) is 5.90 Å². The van der Waals surface area contributed by atoms with Crippen LogP contribution in [0.4, 0.5) is 0 Å². The molecule has 3 aromatic rings. The van der Waals surface area contributed by atoms with Gasteiger partial charge >= 0.3 is 5.97 Å². The van der Waals surface area contributed by atoms with Crippen LogP contribution in [0.2, 0.25) is 0 Å². The zero-order valence-electron chi connectivity index (χ0n) is 17.5. The minimum Gasteiger partial charge on any atom is -0.490 e. The number of carbonyl (C=O) groups is 1. The average molecular weight is 413 g/mol. The van der Waals surface area contributed by atoms with Crippen molar-refractivity contribution < 1.29 is 19.0 Å². The van der Waals surface area contributed by atoms with Crippen LogP contribution in [0.1, 0.15) is 29.2 Å². The lowest BCUT2D eigenvalue weighted by Gasteiger charge is -2.12. The zero-order chi connectivity index (χ0) is 21.6. The topological polar surface area (TPSA) is 57.1 Å². The number of aryl methyl sites for hydroxylation is 1. The van der Waals surface area contributed by atoms with E-state index in [0.29, 0.717) is 30.6 Å². The van der Waals surface area contributed by atoms with Crippen molar-refractivity contribution in [2.45, 2.75) is 20.5 Å². The number of ether oxygens (including phenoxy) is 3. The van der Waals surface area contributed by atoms with Crippen molar-refractivity contribution in [2.24, 2.45) is 4.99 Å². The van der Waals surface area contributed by atoms with Gasteiger partial charge < -0.3 is 14.2 Å². The smallest absolute Gasteiger partial charge is 0.363 e. The normalized spacial score (nSPS) is 14.3. The molecule has 4 rings (SSSR count). The van der Waals surface area contributed by atoms with Gasteiger partial charge in [0.05, 0.1) is 6.61 Å². The zero-order valence-corrected chi connectivity index (χ0v) is 17.5. The quantitative estimate of drug-likeness (QED) is 0.389. The van der Waals surface area contributed by atoms with Crippen molar-refractivity contribution in [3.05, 3.63) is 101 Å². The maximum Gasteiger partial charge on any atom is 0.363 e. The predicted octanol–water partition coefficient (Wildman–Crippen LogP) is 5.32. The molecule has 0 aromatic heterocycles. The van der Waals surface area contributed by atoms with Crippen LogP contribution in [0.3, 0.4) is 0 Å². The summed E-state index contributed by atoms with van der Waals surface area (Å²) in [5.41, 5.74) is 3.99. The Hall–Kier alpha value is -3.86. The minimum absolute atomic E-state index is 0.246. The minimum atomic E-state index is -0.474. The van der Waals surface area contributed by atoms with Gasteiger partial charge in [-0.3, -0.25) is 0 Å². The fourth-order valence-corrected chi connectivity index (χ4v) is 3.12. The lowest BCUT2D eigenvalue weighted by molar-refractivity contribution is -0.129. The second-order valence-corrected chi connectivity index (χ2v) is 7.12. The summed E-state index contributed by atoms with van der Waals surface area (Å²) in [6.07, 6.45) is 1.69. The van der Waals surface area contributed by atoms with Crippen molar-refractivity contribution in [1.82, 2.24) is 0 Å².